The van der Waals surface area contributed by atoms with Gasteiger partial charge in [-0.3, -0.25) is 5.10 Å². The van der Waals surface area contributed by atoms with E-state index in [0.29, 0.717) is 11.6 Å². The number of ether oxygens (including phenoxy) is 1. The van der Waals surface area contributed by atoms with Gasteiger partial charge in [0.25, 0.3) is 0 Å². The first-order valence-electron chi connectivity index (χ1n) is 10.5. The first kappa shape index (κ1) is 22.5. The van der Waals surface area contributed by atoms with Crippen molar-refractivity contribution in [2.45, 2.75) is 13.8 Å². The van der Waals surface area contributed by atoms with E-state index in [1.807, 2.05) is 68.5 Å². The number of aromatic nitrogens is 4. The highest BCUT2D eigenvalue weighted by Crippen LogP contribution is 2.17. The van der Waals surface area contributed by atoms with Crippen LogP contribution in [0.25, 0.3) is 12.2 Å². The molecule has 0 saturated carbocycles. The third kappa shape index (κ3) is 7.84. The van der Waals surface area contributed by atoms with Crippen molar-refractivity contribution in [3.63, 3.8) is 0 Å². The molecule has 2 aromatic heterocycles. The molecule has 3 aromatic rings. The predicted octanol–water partition coefficient (Wildman–Crippen LogP) is 3.80. The molecule has 0 aliphatic carbocycles. The number of rotatable bonds is 12. The molecule has 1 aromatic carbocycles. The number of aryl methyl sites for hydroxylation is 1. The molecule has 0 unspecified atom stereocenters. The van der Waals surface area contributed by atoms with E-state index < -0.39 is 0 Å². The Kier molecular flexibility index (Phi) is 8.57. The molecule has 0 saturated heterocycles. The molecule has 3 N–H and O–H groups in total. The van der Waals surface area contributed by atoms with Crippen molar-refractivity contribution in [3.05, 3.63) is 59.5 Å². The lowest BCUT2D eigenvalue weighted by Crippen LogP contribution is -2.28. The van der Waals surface area contributed by atoms with Gasteiger partial charge in [0, 0.05) is 44.1 Å². The van der Waals surface area contributed by atoms with Gasteiger partial charge in [0.1, 0.15) is 11.6 Å². The van der Waals surface area contributed by atoms with Gasteiger partial charge in [0.2, 0.25) is 0 Å². The zero-order valence-electron chi connectivity index (χ0n) is 18.4. The van der Waals surface area contributed by atoms with E-state index in [1.54, 1.807) is 0 Å². The summed E-state index contributed by atoms with van der Waals surface area (Å²) in [6.45, 7) is 8.01. The molecule has 0 spiro atoms. The minimum absolute atomic E-state index is 0.619. The Morgan fingerprint density at radius 3 is 2.58 bits per heavy atom. The van der Waals surface area contributed by atoms with Crippen molar-refractivity contribution < 1.29 is 4.74 Å². The van der Waals surface area contributed by atoms with Gasteiger partial charge < -0.3 is 20.3 Å². The normalized spacial score (nSPS) is 11.4. The fourth-order valence-corrected chi connectivity index (χ4v) is 2.89. The summed E-state index contributed by atoms with van der Waals surface area (Å²) in [7, 11) is 2.08. The summed E-state index contributed by atoms with van der Waals surface area (Å²) in [6.07, 6.45) is 3.92. The lowest BCUT2D eigenvalue weighted by molar-refractivity contribution is 0.123. The number of anilines is 3. The Hall–Kier alpha value is -3.23. The molecule has 0 amide bonds. The molecule has 3 rings (SSSR count). The van der Waals surface area contributed by atoms with Crippen molar-refractivity contribution in [1.82, 2.24) is 25.1 Å². The van der Waals surface area contributed by atoms with Crippen molar-refractivity contribution in [2.24, 2.45) is 0 Å². The van der Waals surface area contributed by atoms with Gasteiger partial charge in [-0.25, -0.2) is 9.97 Å². The maximum absolute atomic E-state index is 5.41. The summed E-state index contributed by atoms with van der Waals surface area (Å²) < 4.78 is 5.41. The maximum Gasteiger partial charge on any atom is 0.156 e. The average Bonchev–Trinajstić information content (AvgIpc) is 3.17. The molecule has 8 nitrogen and oxygen atoms in total. The molecule has 0 aliphatic heterocycles. The van der Waals surface area contributed by atoms with Crippen molar-refractivity contribution in [3.8, 4) is 0 Å². The van der Waals surface area contributed by atoms with Gasteiger partial charge in [-0.15, -0.1) is 0 Å². The van der Waals surface area contributed by atoms with E-state index in [1.165, 1.54) is 0 Å². The van der Waals surface area contributed by atoms with Crippen molar-refractivity contribution >= 4 is 29.6 Å². The van der Waals surface area contributed by atoms with Gasteiger partial charge in [0.05, 0.1) is 6.61 Å². The molecule has 8 heteroatoms. The minimum Gasteiger partial charge on any atom is -0.380 e. The van der Waals surface area contributed by atoms with E-state index >= 15 is 0 Å². The van der Waals surface area contributed by atoms with Crippen LogP contribution in [0.5, 0.6) is 0 Å². The summed E-state index contributed by atoms with van der Waals surface area (Å²) in [4.78, 5) is 11.5. The highest BCUT2D eigenvalue weighted by molar-refractivity contribution is 5.68. The summed E-state index contributed by atoms with van der Waals surface area (Å²) in [5.74, 6) is 2.78. The molecule has 0 fully saturated rings. The van der Waals surface area contributed by atoms with Crippen molar-refractivity contribution in [2.75, 3.05) is 50.5 Å². The van der Waals surface area contributed by atoms with E-state index in [9.17, 15) is 0 Å². The Morgan fingerprint density at radius 1 is 1.03 bits per heavy atom. The first-order valence-corrected chi connectivity index (χ1v) is 10.5. The maximum atomic E-state index is 5.41. The highest BCUT2D eigenvalue weighted by atomic mass is 16.5. The number of benzene rings is 1. The standard InChI is InChI=1S/C23H31N7O/c1-4-31-15-14-30(3)13-12-24-21-17-22(27-23-16-18(2)28-29-23)26-20(25-21)11-10-19-8-6-5-7-9-19/h5-11,16-17H,4,12-15H2,1-3H3,(H3,24,25,26,27,28,29)/b11-10+. The average molecular weight is 422 g/mol. The Labute approximate surface area is 183 Å². The van der Waals surface area contributed by atoms with Crippen LogP contribution in [0.4, 0.5) is 17.5 Å². The van der Waals surface area contributed by atoms with E-state index in [4.69, 9.17) is 4.74 Å². The molecule has 0 atom stereocenters. The molecular formula is C23H31N7O. The number of H-pyrrole nitrogens is 1. The summed E-state index contributed by atoms with van der Waals surface area (Å²) in [6, 6.07) is 13.9. The van der Waals surface area contributed by atoms with Crippen LogP contribution in [0.1, 0.15) is 24.0 Å². The summed E-state index contributed by atoms with van der Waals surface area (Å²) >= 11 is 0. The van der Waals surface area contributed by atoms with Crippen LogP contribution in [0.15, 0.2) is 42.5 Å². The lowest BCUT2D eigenvalue weighted by atomic mass is 10.2. The summed E-state index contributed by atoms with van der Waals surface area (Å²) in [5.41, 5.74) is 2.08. The van der Waals surface area contributed by atoms with Crippen LogP contribution in [-0.4, -0.2) is 65.0 Å². The molecule has 31 heavy (non-hydrogen) atoms. The number of nitrogens with zero attached hydrogens (tertiary/aromatic N) is 4. The Bertz CT molecular complexity index is 956. The zero-order chi connectivity index (χ0) is 21.9. The van der Waals surface area contributed by atoms with Gasteiger partial charge in [0.15, 0.2) is 11.6 Å². The lowest BCUT2D eigenvalue weighted by Gasteiger charge is -2.17. The molecule has 0 radical (unpaired) electrons. The number of aromatic amines is 1. The zero-order valence-corrected chi connectivity index (χ0v) is 18.4. The predicted molar refractivity (Wildman–Crippen MR) is 126 cm³/mol. The first-order chi connectivity index (χ1) is 15.1. The molecular weight excluding hydrogens is 390 g/mol. The monoisotopic (exact) mass is 421 g/mol. The minimum atomic E-state index is 0.619. The van der Waals surface area contributed by atoms with Crippen LogP contribution in [-0.2, 0) is 4.74 Å². The smallest absolute Gasteiger partial charge is 0.156 e. The number of hydrogen-bond acceptors (Lipinski definition) is 7. The number of likely N-dealkylation sites (N-methyl/N-ethyl adjacent to an activating group) is 1. The third-order valence-corrected chi connectivity index (χ3v) is 4.55. The second-order valence-corrected chi connectivity index (χ2v) is 7.23. The fraction of sp³-hybridized carbons (Fsp3) is 0.348. The molecule has 2 heterocycles. The second kappa shape index (κ2) is 11.8. The second-order valence-electron chi connectivity index (χ2n) is 7.23. The van der Waals surface area contributed by atoms with Crippen molar-refractivity contribution in [1.29, 1.82) is 0 Å². The Morgan fingerprint density at radius 2 is 1.84 bits per heavy atom. The summed E-state index contributed by atoms with van der Waals surface area (Å²) in [5, 5.41) is 13.8. The third-order valence-electron chi connectivity index (χ3n) is 4.55. The van der Waals surface area contributed by atoms with Gasteiger partial charge in [-0.05, 0) is 32.5 Å². The number of nitrogens with one attached hydrogen (secondary N) is 3. The Balaban J connectivity index is 1.69. The van der Waals surface area contributed by atoms with Crippen LogP contribution < -0.4 is 10.6 Å². The largest absolute Gasteiger partial charge is 0.380 e. The molecule has 164 valence electrons. The van der Waals surface area contributed by atoms with Crippen LogP contribution in [0.2, 0.25) is 0 Å². The van der Waals surface area contributed by atoms with Crippen LogP contribution in [0.3, 0.4) is 0 Å². The van der Waals surface area contributed by atoms with Crippen LogP contribution >= 0.6 is 0 Å². The fourth-order valence-electron chi connectivity index (χ4n) is 2.89. The van der Waals surface area contributed by atoms with E-state index in [-0.39, 0.29) is 0 Å². The van der Waals surface area contributed by atoms with E-state index in [0.717, 1.165) is 55.7 Å². The highest BCUT2D eigenvalue weighted by Gasteiger charge is 2.06. The molecule has 0 bridgehead atoms. The SMILES string of the molecule is CCOCCN(C)CCNc1cc(Nc2cc(C)[nH]n2)nc(/C=C/c2ccccc2)n1. The van der Waals surface area contributed by atoms with Gasteiger partial charge >= 0.3 is 0 Å². The topological polar surface area (TPSA) is 91.0 Å². The van der Waals surface area contributed by atoms with E-state index in [2.05, 4.69) is 42.7 Å². The van der Waals surface area contributed by atoms with Gasteiger partial charge in [-0.2, -0.15) is 5.10 Å². The molecule has 0 aliphatic rings. The number of hydrogen-bond donors (Lipinski definition) is 3. The van der Waals surface area contributed by atoms with Gasteiger partial charge in [-0.1, -0.05) is 36.4 Å². The van der Waals surface area contributed by atoms with Crippen LogP contribution in [0, 0.1) is 6.92 Å². The quantitative estimate of drug-likeness (QED) is 0.383.